The van der Waals surface area contributed by atoms with Crippen molar-refractivity contribution in [1.82, 2.24) is 9.80 Å². The molecule has 0 spiro atoms. The average Bonchev–Trinajstić information content (AvgIpc) is 3.51. The molecule has 0 aromatic heterocycles. The maximum Gasteiger partial charge on any atom is 0.410 e. The molecule has 1 heterocycles. The number of nitrogens with zero attached hydrogens (tertiary/aromatic N) is 2. The minimum Gasteiger partial charge on any atom is -0.436 e. The van der Waals surface area contributed by atoms with E-state index in [1.165, 1.54) is 23.1 Å². The van der Waals surface area contributed by atoms with Gasteiger partial charge in [-0.15, -0.1) is 0 Å². The Morgan fingerprint density at radius 1 is 0.879 bits per heavy atom. The van der Waals surface area contributed by atoms with E-state index in [1.54, 1.807) is 0 Å². The lowest BCUT2D eigenvalue weighted by molar-refractivity contribution is 0.0669. The zero-order valence-corrected chi connectivity index (χ0v) is 19.1. The van der Waals surface area contributed by atoms with Gasteiger partial charge in [0.15, 0.2) is 6.10 Å². The Bertz CT molecular complexity index is 1120. The summed E-state index contributed by atoms with van der Waals surface area (Å²) in [5, 5.41) is 0. The van der Waals surface area contributed by atoms with Crippen molar-refractivity contribution in [3.8, 4) is 11.1 Å². The highest BCUT2D eigenvalue weighted by Crippen LogP contribution is 2.46. The van der Waals surface area contributed by atoms with E-state index < -0.39 is 0 Å². The summed E-state index contributed by atoms with van der Waals surface area (Å²) in [5.74, 6) is 1.19. The SMILES string of the molecule is CN(C(=O)OC1c2ccccc2-c2ccccc21)C1CCC2CN(Cc3ccccc3)CC21. The third-order valence-electron chi connectivity index (χ3n) is 7.92. The van der Waals surface area contributed by atoms with E-state index in [2.05, 4.69) is 59.5 Å². The first kappa shape index (κ1) is 20.5. The fraction of sp³-hybridized carbons (Fsp3) is 0.345. The molecule has 1 aliphatic heterocycles. The number of amides is 1. The quantitative estimate of drug-likeness (QED) is 0.521. The fourth-order valence-electron chi connectivity index (χ4n) is 6.34. The molecule has 168 valence electrons. The van der Waals surface area contributed by atoms with Crippen molar-refractivity contribution in [2.75, 3.05) is 20.1 Å². The first-order valence-corrected chi connectivity index (χ1v) is 12.1. The van der Waals surface area contributed by atoms with Gasteiger partial charge in [0.2, 0.25) is 0 Å². The smallest absolute Gasteiger partial charge is 0.410 e. The van der Waals surface area contributed by atoms with E-state index in [4.69, 9.17) is 4.74 Å². The monoisotopic (exact) mass is 438 g/mol. The standard InChI is InChI=1S/C29H30N2O2/c1-30(27-16-15-21-18-31(19-26(21)27)17-20-9-3-2-4-10-20)29(32)33-28-24-13-7-5-11-22(24)23-12-6-8-14-25(23)28/h2-14,21,26-28H,15-19H2,1H3. The van der Waals surface area contributed by atoms with Crippen molar-refractivity contribution < 1.29 is 9.53 Å². The number of carbonyl (C=O) groups excluding carboxylic acids is 1. The van der Waals surface area contributed by atoms with Gasteiger partial charge in [0.25, 0.3) is 0 Å². The van der Waals surface area contributed by atoms with Crippen LogP contribution >= 0.6 is 0 Å². The van der Waals surface area contributed by atoms with E-state index in [9.17, 15) is 4.79 Å². The maximum absolute atomic E-state index is 13.4. The molecule has 3 aromatic carbocycles. The molecule has 0 radical (unpaired) electrons. The number of hydrogen-bond donors (Lipinski definition) is 0. The lowest BCUT2D eigenvalue weighted by Gasteiger charge is -2.30. The van der Waals surface area contributed by atoms with Gasteiger partial charge in [-0.3, -0.25) is 4.90 Å². The van der Waals surface area contributed by atoms with Crippen molar-refractivity contribution in [1.29, 1.82) is 0 Å². The number of hydrogen-bond acceptors (Lipinski definition) is 3. The minimum atomic E-state index is -0.331. The van der Waals surface area contributed by atoms with Crippen LogP contribution in [0.5, 0.6) is 0 Å². The number of benzene rings is 3. The minimum absolute atomic E-state index is 0.210. The lowest BCUT2D eigenvalue weighted by atomic mass is 9.97. The second kappa shape index (κ2) is 8.35. The van der Waals surface area contributed by atoms with Gasteiger partial charge in [0.1, 0.15) is 0 Å². The molecule has 2 aliphatic carbocycles. The predicted octanol–water partition coefficient (Wildman–Crippen LogP) is 5.74. The molecule has 2 fully saturated rings. The molecular formula is C29H30N2O2. The highest BCUT2D eigenvalue weighted by Gasteiger charge is 2.45. The van der Waals surface area contributed by atoms with Gasteiger partial charge in [0.05, 0.1) is 0 Å². The largest absolute Gasteiger partial charge is 0.436 e. The predicted molar refractivity (Wildman–Crippen MR) is 130 cm³/mol. The second-order valence-electron chi connectivity index (χ2n) is 9.80. The zero-order valence-electron chi connectivity index (χ0n) is 19.1. The van der Waals surface area contributed by atoms with Gasteiger partial charge in [-0.2, -0.15) is 0 Å². The van der Waals surface area contributed by atoms with Crippen molar-refractivity contribution >= 4 is 6.09 Å². The summed E-state index contributed by atoms with van der Waals surface area (Å²) >= 11 is 0. The molecule has 3 atom stereocenters. The van der Waals surface area contributed by atoms with E-state index in [1.807, 2.05) is 36.2 Å². The molecule has 1 saturated heterocycles. The number of carbonyl (C=O) groups is 1. The molecule has 0 bridgehead atoms. The van der Waals surface area contributed by atoms with E-state index in [0.717, 1.165) is 37.2 Å². The van der Waals surface area contributed by atoms with Crippen LogP contribution < -0.4 is 0 Å². The average molecular weight is 439 g/mol. The van der Waals surface area contributed by atoms with E-state index in [-0.39, 0.29) is 18.2 Å². The number of ether oxygens (including phenoxy) is 1. The highest BCUT2D eigenvalue weighted by atomic mass is 16.6. The Kier molecular flexibility index (Phi) is 5.18. The Labute approximate surface area is 195 Å². The van der Waals surface area contributed by atoms with Crippen LogP contribution in [0.15, 0.2) is 78.9 Å². The normalized spacial score (nSPS) is 23.7. The number of likely N-dealkylation sites (tertiary alicyclic amines) is 1. The van der Waals surface area contributed by atoms with Gasteiger partial charge in [-0.1, -0.05) is 78.9 Å². The van der Waals surface area contributed by atoms with E-state index >= 15 is 0 Å². The van der Waals surface area contributed by atoms with Crippen LogP contribution in [0, 0.1) is 11.8 Å². The molecule has 3 aromatic rings. The summed E-state index contributed by atoms with van der Waals surface area (Å²) < 4.78 is 6.18. The van der Waals surface area contributed by atoms with Crippen molar-refractivity contribution in [3.05, 3.63) is 95.6 Å². The maximum atomic E-state index is 13.4. The third kappa shape index (κ3) is 3.63. The van der Waals surface area contributed by atoms with Crippen molar-refractivity contribution in [2.24, 2.45) is 11.8 Å². The summed E-state index contributed by atoms with van der Waals surface area (Å²) in [6.07, 6.45) is 1.71. The molecule has 6 rings (SSSR count). The van der Waals surface area contributed by atoms with Crippen LogP contribution in [-0.4, -0.2) is 42.1 Å². The summed E-state index contributed by atoms with van der Waals surface area (Å²) in [5.41, 5.74) is 5.86. The van der Waals surface area contributed by atoms with Gasteiger partial charge < -0.3 is 9.64 Å². The van der Waals surface area contributed by atoms with Crippen LogP contribution in [0.2, 0.25) is 0 Å². The first-order valence-electron chi connectivity index (χ1n) is 12.1. The highest BCUT2D eigenvalue weighted by molar-refractivity contribution is 5.79. The van der Waals surface area contributed by atoms with Crippen LogP contribution in [0.25, 0.3) is 11.1 Å². The van der Waals surface area contributed by atoms with Gasteiger partial charge >= 0.3 is 6.09 Å². The van der Waals surface area contributed by atoms with Crippen LogP contribution in [0.3, 0.4) is 0 Å². The van der Waals surface area contributed by atoms with Crippen LogP contribution in [0.1, 0.15) is 35.6 Å². The molecule has 3 unspecified atom stereocenters. The Morgan fingerprint density at radius 3 is 2.21 bits per heavy atom. The molecule has 3 aliphatic rings. The van der Waals surface area contributed by atoms with Gasteiger partial charge in [-0.25, -0.2) is 4.79 Å². The lowest BCUT2D eigenvalue weighted by Crippen LogP contribution is -2.42. The second-order valence-corrected chi connectivity index (χ2v) is 9.80. The molecule has 33 heavy (non-hydrogen) atoms. The van der Waals surface area contributed by atoms with Gasteiger partial charge in [-0.05, 0) is 41.4 Å². The summed E-state index contributed by atoms with van der Waals surface area (Å²) in [4.78, 5) is 17.8. The summed E-state index contributed by atoms with van der Waals surface area (Å²) in [6.45, 7) is 3.17. The summed E-state index contributed by atoms with van der Waals surface area (Å²) in [7, 11) is 1.93. The van der Waals surface area contributed by atoms with Crippen LogP contribution in [-0.2, 0) is 11.3 Å². The summed E-state index contributed by atoms with van der Waals surface area (Å²) in [6, 6.07) is 27.5. The molecule has 4 nitrogen and oxygen atoms in total. The number of fused-ring (bicyclic) bond motifs is 4. The molecule has 4 heteroatoms. The molecule has 1 amide bonds. The van der Waals surface area contributed by atoms with Crippen LogP contribution in [0.4, 0.5) is 4.79 Å². The van der Waals surface area contributed by atoms with E-state index in [0.29, 0.717) is 11.8 Å². The third-order valence-corrected chi connectivity index (χ3v) is 7.92. The zero-order chi connectivity index (χ0) is 22.4. The topological polar surface area (TPSA) is 32.8 Å². The van der Waals surface area contributed by atoms with Crippen molar-refractivity contribution in [2.45, 2.75) is 31.5 Å². The number of rotatable bonds is 4. The Hall–Kier alpha value is -3.11. The Morgan fingerprint density at radius 2 is 1.52 bits per heavy atom. The molecule has 0 N–H and O–H groups in total. The van der Waals surface area contributed by atoms with Crippen molar-refractivity contribution in [3.63, 3.8) is 0 Å². The van der Waals surface area contributed by atoms with Gasteiger partial charge in [0, 0.05) is 43.9 Å². The first-order chi connectivity index (χ1) is 16.2. The molecular weight excluding hydrogens is 408 g/mol. The Balaban J connectivity index is 1.16. The fourth-order valence-corrected chi connectivity index (χ4v) is 6.34. The molecule has 1 saturated carbocycles.